The molecule has 7 heteroatoms. The van der Waals surface area contributed by atoms with Crippen LogP contribution >= 0.6 is 0 Å². The van der Waals surface area contributed by atoms with Gasteiger partial charge in [0, 0.05) is 52.6 Å². The number of imidazole rings is 1. The van der Waals surface area contributed by atoms with Crippen LogP contribution in [0, 0.1) is 17.2 Å². The molecule has 1 atom stereocenters. The molecule has 3 heterocycles. The molecule has 0 radical (unpaired) electrons. The van der Waals surface area contributed by atoms with Crippen LogP contribution in [0.2, 0.25) is 0 Å². The topological polar surface area (TPSA) is 102 Å². The predicted octanol–water partition coefficient (Wildman–Crippen LogP) is 6.14. The fourth-order valence-electron chi connectivity index (χ4n) is 4.56. The second-order valence-electron chi connectivity index (χ2n) is 8.73. The van der Waals surface area contributed by atoms with Gasteiger partial charge in [-0.15, -0.1) is 0 Å². The maximum absolute atomic E-state index is 9.39. The van der Waals surface area contributed by atoms with Gasteiger partial charge < -0.3 is 15.6 Å². The van der Waals surface area contributed by atoms with E-state index in [1.165, 1.54) is 0 Å². The third kappa shape index (κ3) is 4.30. The number of rotatable bonds is 5. The Morgan fingerprint density at radius 2 is 1.69 bits per heavy atom. The van der Waals surface area contributed by atoms with Crippen molar-refractivity contribution in [2.24, 2.45) is 5.92 Å². The van der Waals surface area contributed by atoms with Crippen LogP contribution in [0.4, 0.5) is 22.7 Å². The zero-order valence-corrected chi connectivity index (χ0v) is 19.0. The number of nitriles is 1. The molecule has 0 saturated heterocycles. The maximum Gasteiger partial charge on any atom is 0.138 e. The average Bonchev–Trinajstić information content (AvgIpc) is 3.33. The predicted molar refractivity (Wildman–Crippen MR) is 138 cm³/mol. The summed E-state index contributed by atoms with van der Waals surface area (Å²) in [6.45, 7) is 0. The lowest BCUT2D eigenvalue weighted by atomic mass is 9.86. The van der Waals surface area contributed by atoms with Crippen molar-refractivity contribution in [2.75, 3.05) is 10.6 Å². The molecule has 1 aliphatic carbocycles. The molecule has 7 nitrogen and oxygen atoms in total. The van der Waals surface area contributed by atoms with Crippen LogP contribution in [0.1, 0.15) is 17.7 Å². The smallest absolute Gasteiger partial charge is 0.138 e. The maximum atomic E-state index is 9.39. The number of fused-ring (bicyclic) bond motifs is 2. The third-order valence-electron chi connectivity index (χ3n) is 6.40. The van der Waals surface area contributed by atoms with Gasteiger partial charge in [0.15, 0.2) is 0 Å². The molecule has 1 aliphatic rings. The number of aryl methyl sites for hydroxylation is 1. The van der Waals surface area contributed by atoms with Crippen molar-refractivity contribution in [1.82, 2.24) is 19.9 Å². The lowest BCUT2D eigenvalue weighted by molar-refractivity contribution is 0.556. The van der Waals surface area contributed by atoms with E-state index in [0.29, 0.717) is 0 Å². The first-order valence-electron chi connectivity index (χ1n) is 11.7. The van der Waals surface area contributed by atoms with Gasteiger partial charge in [-0.1, -0.05) is 0 Å². The highest BCUT2D eigenvalue weighted by molar-refractivity contribution is 5.84. The van der Waals surface area contributed by atoms with E-state index in [1.807, 2.05) is 48.7 Å². The largest absolute Gasteiger partial charge is 0.355 e. The van der Waals surface area contributed by atoms with E-state index in [0.717, 1.165) is 75.7 Å². The van der Waals surface area contributed by atoms with Crippen LogP contribution in [0.15, 0.2) is 79.3 Å². The normalized spacial score (nSPS) is 14.8. The van der Waals surface area contributed by atoms with Crippen molar-refractivity contribution < 1.29 is 0 Å². The molecular weight excluding hydrogens is 434 g/mol. The second kappa shape index (κ2) is 8.92. The van der Waals surface area contributed by atoms with Crippen LogP contribution in [-0.2, 0) is 12.8 Å². The standard InChI is InChI=1S/C28H23N7/c29-17-18-1-7-24-23(15-18)25(11-14-31-24)33-22-6-8-26-27(16-22)35-28(34-26)19-2-4-20(5-3-19)32-21-9-12-30-13-10-21/h2-6,8-14,16,18H,1,7,15H2,(H,30,32)(H,31,33)(H,34,35). The van der Waals surface area contributed by atoms with Gasteiger partial charge in [-0.25, -0.2) is 4.98 Å². The molecule has 0 aliphatic heterocycles. The number of nitrogens with zero attached hydrogens (tertiary/aromatic N) is 4. The van der Waals surface area contributed by atoms with E-state index >= 15 is 0 Å². The summed E-state index contributed by atoms with van der Waals surface area (Å²) in [5.41, 5.74) is 9.11. The van der Waals surface area contributed by atoms with Crippen LogP contribution in [0.25, 0.3) is 22.4 Å². The number of anilines is 4. The van der Waals surface area contributed by atoms with Gasteiger partial charge in [-0.2, -0.15) is 5.26 Å². The minimum atomic E-state index is 0.0520. The zero-order chi connectivity index (χ0) is 23.6. The quantitative estimate of drug-likeness (QED) is 0.293. The number of aromatic nitrogens is 4. The Balaban J connectivity index is 1.23. The summed E-state index contributed by atoms with van der Waals surface area (Å²) in [7, 11) is 0. The Hall–Kier alpha value is -4.70. The van der Waals surface area contributed by atoms with Gasteiger partial charge in [-0.3, -0.25) is 9.97 Å². The number of hydrogen-bond acceptors (Lipinski definition) is 6. The highest BCUT2D eigenvalue weighted by Gasteiger charge is 2.22. The molecule has 3 N–H and O–H groups in total. The molecule has 0 fully saturated rings. The summed E-state index contributed by atoms with van der Waals surface area (Å²) in [5.74, 6) is 0.877. The van der Waals surface area contributed by atoms with E-state index in [2.05, 4.69) is 49.9 Å². The van der Waals surface area contributed by atoms with Gasteiger partial charge in [0.25, 0.3) is 0 Å². The van der Waals surface area contributed by atoms with Gasteiger partial charge in [0.05, 0.1) is 23.0 Å². The number of nitrogens with one attached hydrogen (secondary N) is 3. The highest BCUT2D eigenvalue weighted by Crippen LogP contribution is 2.32. The first-order valence-corrected chi connectivity index (χ1v) is 11.7. The number of aromatic amines is 1. The summed E-state index contributed by atoms with van der Waals surface area (Å²) in [6.07, 6.45) is 7.84. The molecule has 6 rings (SSSR count). The van der Waals surface area contributed by atoms with Crippen molar-refractivity contribution in [3.05, 3.63) is 90.5 Å². The SMILES string of the molecule is N#CC1CCc2nccc(Nc3ccc4nc(-c5ccc(Nc6ccncc6)cc5)[nH]c4c3)c2C1. The van der Waals surface area contributed by atoms with Crippen LogP contribution in [0.5, 0.6) is 0 Å². The molecule has 0 amide bonds. The summed E-state index contributed by atoms with van der Waals surface area (Å²) < 4.78 is 0. The minimum absolute atomic E-state index is 0.0520. The van der Waals surface area contributed by atoms with Crippen molar-refractivity contribution in [3.63, 3.8) is 0 Å². The molecule has 170 valence electrons. The molecule has 5 aromatic rings. The van der Waals surface area contributed by atoms with Crippen molar-refractivity contribution in [2.45, 2.75) is 19.3 Å². The number of hydrogen-bond donors (Lipinski definition) is 3. The Labute approximate surface area is 202 Å². The fraction of sp³-hybridized carbons (Fsp3) is 0.143. The second-order valence-corrected chi connectivity index (χ2v) is 8.73. The Morgan fingerprint density at radius 1 is 0.886 bits per heavy atom. The molecule has 0 spiro atoms. The summed E-state index contributed by atoms with van der Waals surface area (Å²) >= 11 is 0. The first kappa shape index (κ1) is 20.9. The molecule has 3 aromatic heterocycles. The molecule has 0 bridgehead atoms. The molecule has 0 saturated carbocycles. The van der Waals surface area contributed by atoms with Gasteiger partial charge in [0.2, 0.25) is 0 Å². The number of H-pyrrole nitrogens is 1. The van der Waals surface area contributed by atoms with E-state index in [1.54, 1.807) is 12.4 Å². The average molecular weight is 458 g/mol. The summed E-state index contributed by atoms with van der Waals surface area (Å²) in [4.78, 5) is 16.8. The zero-order valence-electron chi connectivity index (χ0n) is 19.0. The van der Waals surface area contributed by atoms with Crippen LogP contribution in [-0.4, -0.2) is 19.9 Å². The van der Waals surface area contributed by atoms with Crippen molar-refractivity contribution >= 4 is 33.8 Å². The molecule has 2 aromatic carbocycles. The van der Waals surface area contributed by atoms with Crippen molar-refractivity contribution in [3.8, 4) is 17.5 Å². The molecular formula is C28H23N7. The Morgan fingerprint density at radius 3 is 2.51 bits per heavy atom. The monoisotopic (exact) mass is 457 g/mol. The third-order valence-corrected chi connectivity index (χ3v) is 6.40. The summed E-state index contributed by atoms with van der Waals surface area (Å²) in [6, 6.07) is 22.6. The van der Waals surface area contributed by atoms with Crippen LogP contribution in [0.3, 0.4) is 0 Å². The van der Waals surface area contributed by atoms with Gasteiger partial charge >= 0.3 is 0 Å². The first-order chi connectivity index (χ1) is 17.2. The van der Waals surface area contributed by atoms with Gasteiger partial charge in [0.1, 0.15) is 5.82 Å². The van der Waals surface area contributed by atoms with E-state index in [9.17, 15) is 5.26 Å². The minimum Gasteiger partial charge on any atom is -0.355 e. The number of benzene rings is 2. The number of pyridine rings is 2. The lowest BCUT2D eigenvalue weighted by Crippen LogP contribution is -2.15. The van der Waals surface area contributed by atoms with Gasteiger partial charge in [-0.05, 0) is 85.5 Å². The highest BCUT2D eigenvalue weighted by atomic mass is 14.9. The van der Waals surface area contributed by atoms with E-state index in [4.69, 9.17) is 4.98 Å². The molecule has 35 heavy (non-hydrogen) atoms. The Bertz CT molecular complexity index is 1530. The van der Waals surface area contributed by atoms with E-state index < -0.39 is 0 Å². The van der Waals surface area contributed by atoms with Crippen LogP contribution < -0.4 is 10.6 Å². The summed E-state index contributed by atoms with van der Waals surface area (Å²) in [5, 5.41) is 16.3. The fourth-order valence-corrected chi connectivity index (χ4v) is 4.56. The lowest BCUT2D eigenvalue weighted by Gasteiger charge is -2.22. The molecule has 1 unspecified atom stereocenters. The van der Waals surface area contributed by atoms with E-state index in [-0.39, 0.29) is 5.92 Å². The van der Waals surface area contributed by atoms with Crippen molar-refractivity contribution in [1.29, 1.82) is 5.26 Å². The Kier molecular flexibility index (Phi) is 5.32.